The molecule has 2 fully saturated rings. The summed E-state index contributed by atoms with van der Waals surface area (Å²) in [6.07, 6.45) is 2.09. The molecule has 2 aliphatic heterocycles. The number of aromatic amines is 1. The second-order valence-electron chi connectivity index (χ2n) is 8.16. The van der Waals surface area contributed by atoms with Crippen LogP contribution in [0.1, 0.15) is 29.2 Å². The normalized spacial score (nSPS) is 27.9. The molecule has 1 aromatic heterocycles. The van der Waals surface area contributed by atoms with E-state index in [1.165, 1.54) is 27.7 Å². The molecule has 2 aromatic rings. The Hall–Kier alpha value is -1.99. The zero-order valence-electron chi connectivity index (χ0n) is 15.4. The van der Waals surface area contributed by atoms with Crippen LogP contribution >= 0.6 is 12.6 Å². The third-order valence-electron chi connectivity index (χ3n) is 6.53. The number of amides is 3. The Morgan fingerprint density at radius 2 is 2.15 bits per heavy atom. The lowest BCUT2D eigenvalue weighted by Gasteiger charge is -2.46. The smallest absolute Gasteiger partial charge is 0.324 e. The Balaban J connectivity index is 1.47. The molecule has 3 aliphatic rings. The lowest BCUT2D eigenvalue weighted by atomic mass is 9.72. The predicted molar refractivity (Wildman–Crippen MR) is 107 cm³/mol. The Bertz CT molecular complexity index is 939. The number of nitrogens with one attached hydrogen (secondary N) is 2. The number of carbonyl (C=O) groups excluding carboxylic acids is 2. The van der Waals surface area contributed by atoms with Crippen LogP contribution in [0.3, 0.4) is 0 Å². The third-order valence-corrected chi connectivity index (χ3v) is 6.85. The molecule has 6 nitrogen and oxygen atoms in total. The van der Waals surface area contributed by atoms with Crippen LogP contribution in [0, 0.1) is 5.92 Å². The maximum atomic E-state index is 11.9. The zero-order chi connectivity index (χ0) is 18.7. The van der Waals surface area contributed by atoms with Gasteiger partial charge in [0.1, 0.15) is 6.54 Å². The van der Waals surface area contributed by atoms with E-state index in [0.29, 0.717) is 24.4 Å². The standard InChI is InChI=1S/C20H24N4O2S/c1-23-7-11(8-24-9-18(25)22-20(24)26)5-13-12-3-2-4-15-19(12)14(6-17(13)23)16(10-27)21-15/h2-4,11,13,17,21,27H,5-10H2,1H3,(H,22,25,26)/t11?,13-,17-/m1/s1. The Labute approximate surface area is 163 Å². The molecular weight excluding hydrogens is 360 g/mol. The number of urea groups is 1. The Morgan fingerprint density at radius 3 is 2.89 bits per heavy atom. The van der Waals surface area contributed by atoms with E-state index < -0.39 is 0 Å². The molecule has 3 amide bonds. The molecule has 0 saturated carbocycles. The van der Waals surface area contributed by atoms with Gasteiger partial charge < -0.3 is 14.8 Å². The van der Waals surface area contributed by atoms with Crippen molar-refractivity contribution >= 4 is 35.5 Å². The number of hydrogen-bond acceptors (Lipinski definition) is 4. The van der Waals surface area contributed by atoms with Crippen molar-refractivity contribution in [2.75, 3.05) is 26.7 Å². The first-order chi connectivity index (χ1) is 13.0. The van der Waals surface area contributed by atoms with Crippen molar-refractivity contribution in [1.29, 1.82) is 0 Å². The number of likely N-dealkylation sites (N-methyl/N-ethyl adjacent to an activating group) is 1. The van der Waals surface area contributed by atoms with Crippen LogP contribution in [0.15, 0.2) is 18.2 Å². The van der Waals surface area contributed by atoms with Crippen molar-refractivity contribution in [2.24, 2.45) is 5.92 Å². The summed E-state index contributed by atoms with van der Waals surface area (Å²) in [6, 6.07) is 6.78. The van der Waals surface area contributed by atoms with Crippen molar-refractivity contribution in [3.8, 4) is 0 Å². The van der Waals surface area contributed by atoms with E-state index in [1.54, 1.807) is 4.90 Å². The number of rotatable bonds is 3. The first kappa shape index (κ1) is 17.1. The minimum absolute atomic E-state index is 0.190. The summed E-state index contributed by atoms with van der Waals surface area (Å²) in [4.78, 5) is 31.1. The summed E-state index contributed by atoms with van der Waals surface area (Å²) in [7, 11) is 2.19. The van der Waals surface area contributed by atoms with Crippen molar-refractivity contribution in [3.05, 3.63) is 35.0 Å². The maximum Gasteiger partial charge on any atom is 0.324 e. The van der Waals surface area contributed by atoms with Gasteiger partial charge in [-0.15, -0.1) is 0 Å². The number of carbonyl (C=O) groups is 2. The molecule has 1 aromatic carbocycles. The summed E-state index contributed by atoms with van der Waals surface area (Å²) in [5, 5.41) is 3.77. The lowest BCUT2D eigenvalue weighted by molar-refractivity contribution is -0.118. The lowest BCUT2D eigenvalue weighted by Crippen LogP contribution is -2.50. The number of likely N-dealkylation sites (tertiary alicyclic amines) is 1. The molecule has 27 heavy (non-hydrogen) atoms. The number of imide groups is 1. The van der Waals surface area contributed by atoms with Gasteiger partial charge >= 0.3 is 6.03 Å². The molecule has 3 atom stereocenters. The van der Waals surface area contributed by atoms with Crippen LogP contribution in [0.2, 0.25) is 0 Å². The summed E-state index contributed by atoms with van der Waals surface area (Å²) in [5.74, 6) is 1.36. The van der Waals surface area contributed by atoms with Gasteiger partial charge in [0.25, 0.3) is 0 Å². The van der Waals surface area contributed by atoms with E-state index in [0.717, 1.165) is 25.1 Å². The number of hydrogen-bond donors (Lipinski definition) is 3. The van der Waals surface area contributed by atoms with Crippen molar-refractivity contribution in [3.63, 3.8) is 0 Å². The van der Waals surface area contributed by atoms with Gasteiger partial charge in [0, 0.05) is 47.4 Å². The van der Waals surface area contributed by atoms with Gasteiger partial charge in [-0.1, -0.05) is 12.1 Å². The second kappa shape index (κ2) is 6.27. The van der Waals surface area contributed by atoms with E-state index in [1.807, 2.05) is 0 Å². The highest BCUT2D eigenvalue weighted by atomic mass is 32.1. The average Bonchev–Trinajstić information content (AvgIpc) is 3.16. The topological polar surface area (TPSA) is 68.4 Å². The van der Waals surface area contributed by atoms with E-state index >= 15 is 0 Å². The molecule has 1 unspecified atom stereocenters. The largest absolute Gasteiger partial charge is 0.357 e. The average molecular weight is 385 g/mol. The highest BCUT2D eigenvalue weighted by Crippen LogP contribution is 2.45. The highest BCUT2D eigenvalue weighted by Gasteiger charge is 2.41. The molecular formula is C20H24N4O2S. The van der Waals surface area contributed by atoms with Gasteiger partial charge in [0.15, 0.2) is 0 Å². The van der Waals surface area contributed by atoms with E-state index in [2.05, 4.69) is 53.1 Å². The fourth-order valence-electron chi connectivity index (χ4n) is 5.43. The zero-order valence-corrected chi connectivity index (χ0v) is 16.3. The number of H-pyrrole nitrogens is 1. The molecule has 0 bridgehead atoms. The first-order valence-corrected chi connectivity index (χ1v) is 10.2. The van der Waals surface area contributed by atoms with Crippen LogP contribution < -0.4 is 5.32 Å². The van der Waals surface area contributed by atoms with Crippen LogP contribution in [0.4, 0.5) is 4.79 Å². The van der Waals surface area contributed by atoms with Crippen LogP contribution in [-0.2, 0) is 17.0 Å². The first-order valence-electron chi connectivity index (χ1n) is 9.57. The van der Waals surface area contributed by atoms with Crippen LogP contribution in [-0.4, -0.2) is 59.4 Å². The molecule has 7 heteroatoms. The molecule has 3 heterocycles. The maximum absolute atomic E-state index is 11.9. The molecule has 2 saturated heterocycles. The SMILES string of the molecule is CN1CC(CN2CC(=O)NC2=O)C[C@@H]2c3cccc4[nH]c(CS)c(c34)C[C@H]21. The fourth-order valence-corrected chi connectivity index (χ4v) is 5.70. The van der Waals surface area contributed by atoms with Gasteiger partial charge in [0.2, 0.25) is 5.91 Å². The number of benzene rings is 1. The predicted octanol–water partition coefficient (Wildman–Crippen LogP) is 2.11. The number of piperidine rings is 1. The molecule has 1 aliphatic carbocycles. The van der Waals surface area contributed by atoms with Crippen molar-refractivity contribution in [2.45, 2.75) is 30.6 Å². The minimum atomic E-state index is -0.248. The Kier molecular flexibility index (Phi) is 3.98. The van der Waals surface area contributed by atoms with Crippen LogP contribution in [0.25, 0.3) is 10.9 Å². The van der Waals surface area contributed by atoms with E-state index in [9.17, 15) is 9.59 Å². The second-order valence-corrected chi connectivity index (χ2v) is 8.48. The summed E-state index contributed by atoms with van der Waals surface area (Å²) >= 11 is 4.52. The molecule has 0 radical (unpaired) electrons. The van der Waals surface area contributed by atoms with Crippen LogP contribution in [0.5, 0.6) is 0 Å². The molecule has 0 spiro atoms. The number of nitrogens with zero attached hydrogens (tertiary/aromatic N) is 2. The third kappa shape index (κ3) is 2.67. The number of thiol groups is 1. The van der Waals surface area contributed by atoms with Crippen molar-refractivity contribution < 1.29 is 9.59 Å². The molecule has 5 rings (SSSR count). The summed E-state index contributed by atoms with van der Waals surface area (Å²) in [5.41, 5.74) is 5.29. The summed E-state index contributed by atoms with van der Waals surface area (Å²) in [6.45, 7) is 1.78. The van der Waals surface area contributed by atoms with Crippen molar-refractivity contribution in [1.82, 2.24) is 20.1 Å². The molecule has 142 valence electrons. The number of aromatic nitrogens is 1. The van der Waals surface area contributed by atoms with Gasteiger partial charge in [-0.05, 0) is 43.0 Å². The monoisotopic (exact) mass is 384 g/mol. The van der Waals surface area contributed by atoms with E-state index in [-0.39, 0.29) is 18.5 Å². The summed E-state index contributed by atoms with van der Waals surface area (Å²) < 4.78 is 0. The van der Waals surface area contributed by atoms with Gasteiger partial charge in [-0.3, -0.25) is 10.1 Å². The number of fused-ring (bicyclic) bond motifs is 2. The van der Waals surface area contributed by atoms with Gasteiger partial charge in [-0.25, -0.2) is 4.79 Å². The minimum Gasteiger partial charge on any atom is -0.357 e. The fraction of sp³-hybridized carbons (Fsp3) is 0.500. The van der Waals surface area contributed by atoms with Gasteiger partial charge in [-0.2, -0.15) is 12.6 Å². The van der Waals surface area contributed by atoms with E-state index in [4.69, 9.17) is 0 Å². The highest BCUT2D eigenvalue weighted by molar-refractivity contribution is 7.79. The Morgan fingerprint density at radius 1 is 1.30 bits per heavy atom. The van der Waals surface area contributed by atoms with Gasteiger partial charge in [0.05, 0.1) is 0 Å². The molecule has 2 N–H and O–H groups in total. The quantitative estimate of drug-likeness (QED) is 0.561.